The third-order valence-corrected chi connectivity index (χ3v) is 10.0. The molecule has 48 heavy (non-hydrogen) atoms. The topological polar surface area (TPSA) is 131 Å². The van der Waals surface area contributed by atoms with E-state index in [9.17, 15) is 19.4 Å². The molecule has 13 heteroatoms. The Balaban J connectivity index is 1.31. The fourth-order valence-electron chi connectivity index (χ4n) is 6.68. The first-order valence-electron chi connectivity index (χ1n) is 15.8. The van der Waals surface area contributed by atoms with Crippen molar-refractivity contribution in [2.45, 2.75) is 57.1 Å². The Kier molecular flexibility index (Phi) is 10.2. The third kappa shape index (κ3) is 7.01. The van der Waals surface area contributed by atoms with Crippen LogP contribution in [0.3, 0.4) is 0 Å². The molecule has 4 aromatic rings. The maximum absolute atomic E-state index is 14.4. The zero-order chi connectivity index (χ0) is 33.9. The summed E-state index contributed by atoms with van der Waals surface area (Å²) in [6.45, 7) is 3.49. The van der Waals surface area contributed by atoms with Gasteiger partial charge in [-0.05, 0) is 60.4 Å². The lowest BCUT2D eigenvalue weighted by atomic mass is 9.99. The van der Waals surface area contributed by atoms with Crippen molar-refractivity contribution in [3.63, 3.8) is 0 Å². The molecule has 1 aromatic heterocycles. The minimum atomic E-state index is -0.986. The number of benzene rings is 3. The van der Waals surface area contributed by atoms with Crippen molar-refractivity contribution in [1.29, 1.82) is 0 Å². The van der Waals surface area contributed by atoms with Crippen LogP contribution in [-0.2, 0) is 29.0 Å². The number of para-hydroxylation sites is 1. The second-order valence-corrected chi connectivity index (χ2v) is 13.2. The molecule has 6 rings (SSSR count). The molecule has 0 saturated carbocycles. The van der Waals surface area contributed by atoms with Crippen LogP contribution >= 0.6 is 11.3 Å². The Labute approximate surface area is 283 Å². The quantitative estimate of drug-likeness (QED) is 0.132. The molecule has 3 aromatic carbocycles. The smallest absolute Gasteiger partial charge is 0.240 e. The van der Waals surface area contributed by atoms with Crippen molar-refractivity contribution < 1.29 is 24.1 Å². The number of phenolic OH excluding ortho intramolecular Hbond substituents is 1. The predicted molar refractivity (Wildman–Crippen MR) is 182 cm³/mol. The van der Waals surface area contributed by atoms with E-state index in [1.54, 1.807) is 31.4 Å². The van der Waals surface area contributed by atoms with E-state index < -0.39 is 24.5 Å². The first kappa shape index (κ1) is 33.8. The lowest BCUT2D eigenvalue weighted by Crippen LogP contribution is -2.67. The molecule has 5 atom stereocenters. The molecule has 3 unspecified atom stereocenters. The van der Waals surface area contributed by atoms with Crippen molar-refractivity contribution in [2.24, 2.45) is 0 Å². The van der Waals surface area contributed by atoms with Gasteiger partial charge < -0.3 is 25.6 Å². The van der Waals surface area contributed by atoms with Gasteiger partial charge in [-0.25, -0.2) is 24.3 Å². The number of methoxy groups -OCH3 is 1. The summed E-state index contributed by atoms with van der Waals surface area (Å²) in [5, 5.41) is 28.9. The molecular formula is C35H40FN7O4S. The fraction of sp³-hybridized carbons (Fsp3) is 0.371. The maximum atomic E-state index is 14.4. The van der Waals surface area contributed by atoms with Gasteiger partial charge in [0.25, 0.3) is 0 Å². The number of hydrogen-bond acceptors (Lipinski definition) is 11. The van der Waals surface area contributed by atoms with Gasteiger partial charge >= 0.3 is 0 Å². The summed E-state index contributed by atoms with van der Waals surface area (Å²) in [5.74, 6) is 2.52. The predicted octanol–water partition coefficient (Wildman–Crippen LogP) is 2.94. The largest absolute Gasteiger partial charge is 0.508 e. The van der Waals surface area contributed by atoms with E-state index >= 15 is 0 Å². The highest BCUT2D eigenvalue weighted by molar-refractivity contribution is 7.22. The first-order chi connectivity index (χ1) is 23.2. The Morgan fingerprint density at radius 2 is 1.90 bits per heavy atom. The number of hydrogen-bond donors (Lipinski definition) is 4. The Hall–Kier alpha value is -4.13. The van der Waals surface area contributed by atoms with Gasteiger partial charge in [0.1, 0.15) is 24.0 Å². The van der Waals surface area contributed by atoms with Crippen molar-refractivity contribution in [2.75, 3.05) is 32.5 Å². The number of aromatic hydroxyl groups is 1. The van der Waals surface area contributed by atoms with Crippen LogP contribution in [0.25, 0.3) is 10.2 Å². The standard InChI is InChI=1S/C35H40FN7O4S/c1-4-16-41(22(2)33(45)38-18-24-8-12-26(36)13-9-24)42-21-31(47-3)43-28(17-23-10-14-27(44)15-11-23)34(46)40(20-30(42)43)19-25-6-5-7-29-32(25)39-35(37)48-29/h1,5-15,22,28,30-31,33,38,44-45H,16-21H2,2-3H3,(H2,37,39)/t22?,28-,30+,31?,33?/m0/s1. The van der Waals surface area contributed by atoms with Crippen molar-refractivity contribution >= 4 is 32.6 Å². The highest BCUT2D eigenvalue weighted by Gasteiger charge is 2.53. The van der Waals surface area contributed by atoms with E-state index in [0.717, 1.165) is 26.9 Å². The van der Waals surface area contributed by atoms with Gasteiger partial charge in [0.05, 0.1) is 48.1 Å². The number of carbonyl (C=O) groups is 1. The number of phenols is 1. The highest BCUT2D eigenvalue weighted by atomic mass is 32.1. The van der Waals surface area contributed by atoms with E-state index in [0.29, 0.717) is 37.7 Å². The number of anilines is 1. The number of thiazole rings is 1. The van der Waals surface area contributed by atoms with Crippen LogP contribution in [-0.4, -0.2) is 98.4 Å². The molecule has 0 spiro atoms. The van der Waals surface area contributed by atoms with E-state index in [-0.39, 0.29) is 30.2 Å². The Morgan fingerprint density at radius 3 is 2.60 bits per heavy atom. The molecule has 2 fully saturated rings. The number of fused-ring (bicyclic) bond motifs is 2. The zero-order valence-electron chi connectivity index (χ0n) is 26.9. The van der Waals surface area contributed by atoms with Crippen LogP contribution < -0.4 is 11.1 Å². The first-order valence-corrected chi connectivity index (χ1v) is 16.6. The van der Waals surface area contributed by atoms with Crippen molar-refractivity contribution in [3.8, 4) is 18.1 Å². The average Bonchev–Trinajstić information content (AvgIpc) is 3.65. The van der Waals surface area contributed by atoms with Crippen molar-refractivity contribution in [1.82, 2.24) is 30.1 Å². The molecular weight excluding hydrogens is 633 g/mol. The van der Waals surface area contributed by atoms with E-state index in [2.05, 4.69) is 26.1 Å². The molecule has 2 saturated heterocycles. The molecule has 3 heterocycles. The summed E-state index contributed by atoms with van der Waals surface area (Å²) < 4.78 is 20.4. The number of hydrazine groups is 1. The van der Waals surface area contributed by atoms with Crippen LogP contribution in [0.5, 0.6) is 5.75 Å². The number of nitrogens with two attached hydrogens (primary N) is 1. The molecule has 11 nitrogen and oxygen atoms in total. The number of nitrogens with one attached hydrogen (secondary N) is 1. The summed E-state index contributed by atoms with van der Waals surface area (Å²) in [7, 11) is 1.63. The second-order valence-electron chi connectivity index (χ2n) is 12.2. The van der Waals surface area contributed by atoms with Crippen LogP contribution in [0.2, 0.25) is 0 Å². The van der Waals surface area contributed by atoms with Gasteiger partial charge in [-0.1, -0.05) is 53.7 Å². The number of rotatable bonds is 12. The SMILES string of the molecule is C#CCN(C(C)C(O)NCc1ccc(F)cc1)N1CC(OC)N2[C@@H](Cc3ccc(O)cc3)C(=O)N(Cc3cccc4sc(N)nc34)C[C@@H]21. The minimum Gasteiger partial charge on any atom is -0.508 e. The number of nitrogen functional groups attached to an aromatic ring is 1. The van der Waals surface area contributed by atoms with Crippen LogP contribution in [0.15, 0.2) is 66.7 Å². The van der Waals surface area contributed by atoms with Gasteiger partial charge in [0.2, 0.25) is 5.91 Å². The summed E-state index contributed by atoms with van der Waals surface area (Å²) in [5.41, 5.74) is 9.45. The van der Waals surface area contributed by atoms with Crippen LogP contribution in [0, 0.1) is 18.2 Å². The summed E-state index contributed by atoms with van der Waals surface area (Å²) >= 11 is 1.41. The number of piperazine rings is 1. The molecule has 0 aliphatic carbocycles. The number of amides is 1. The zero-order valence-corrected chi connectivity index (χ0v) is 27.7. The normalized spacial score (nSPS) is 21.5. The molecule has 2 aliphatic heterocycles. The van der Waals surface area contributed by atoms with Gasteiger partial charge in [-0.15, -0.1) is 6.42 Å². The second kappa shape index (κ2) is 14.6. The highest BCUT2D eigenvalue weighted by Crippen LogP contribution is 2.35. The molecule has 1 amide bonds. The average molecular weight is 674 g/mol. The van der Waals surface area contributed by atoms with Gasteiger partial charge in [-0.2, -0.15) is 0 Å². The number of carbonyl (C=O) groups excluding carboxylic acids is 1. The number of terminal acetylenes is 1. The molecule has 0 bridgehead atoms. The van der Waals surface area contributed by atoms with E-state index in [1.165, 1.54) is 23.5 Å². The molecule has 5 N–H and O–H groups in total. The summed E-state index contributed by atoms with van der Waals surface area (Å²) in [6.07, 6.45) is 4.52. The van der Waals surface area contributed by atoms with Crippen molar-refractivity contribution in [3.05, 3.63) is 89.2 Å². The molecule has 2 aliphatic rings. The minimum absolute atomic E-state index is 0.0547. The number of aliphatic hydroxyl groups excluding tert-OH is 1. The molecule has 0 radical (unpaired) electrons. The molecule has 252 valence electrons. The fourth-order valence-corrected chi connectivity index (χ4v) is 7.47. The number of nitrogens with zero attached hydrogens (tertiary/aromatic N) is 5. The number of aliphatic hydroxyl groups is 1. The van der Waals surface area contributed by atoms with E-state index in [4.69, 9.17) is 16.9 Å². The Morgan fingerprint density at radius 1 is 1.17 bits per heavy atom. The summed E-state index contributed by atoms with van der Waals surface area (Å²) in [4.78, 5) is 22.9. The number of halogens is 1. The van der Waals surface area contributed by atoms with Crippen LogP contribution in [0.1, 0.15) is 23.6 Å². The third-order valence-electron chi connectivity index (χ3n) is 9.16. The number of ether oxygens (including phenoxy) is 1. The van der Waals surface area contributed by atoms with Gasteiger partial charge in [0.15, 0.2) is 5.13 Å². The Bertz CT molecular complexity index is 1770. The van der Waals surface area contributed by atoms with Gasteiger partial charge in [0, 0.05) is 20.2 Å². The number of aromatic nitrogens is 1. The summed E-state index contributed by atoms with van der Waals surface area (Å²) in [6, 6.07) is 17.8. The van der Waals surface area contributed by atoms with E-state index in [1.807, 2.05) is 47.2 Å². The maximum Gasteiger partial charge on any atom is 0.240 e. The lowest BCUT2D eigenvalue weighted by molar-refractivity contribution is -0.167. The van der Waals surface area contributed by atoms with Crippen LogP contribution in [0.4, 0.5) is 9.52 Å². The monoisotopic (exact) mass is 673 g/mol. The van der Waals surface area contributed by atoms with Gasteiger partial charge in [-0.3, -0.25) is 10.1 Å². The lowest BCUT2D eigenvalue weighted by Gasteiger charge is -2.48.